The van der Waals surface area contributed by atoms with Gasteiger partial charge in [-0.2, -0.15) is 0 Å². The number of aliphatic imine (C=N–C) groups is 1. The van der Waals surface area contributed by atoms with Crippen LogP contribution < -0.4 is 5.32 Å². The van der Waals surface area contributed by atoms with Crippen LogP contribution in [0.1, 0.15) is 16.4 Å². The van der Waals surface area contributed by atoms with Crippen LogP contribution >= 0.6 is 11.8 Å². The molecule has 2 aromatic carbocycles. The van der Waals surface area contributed by atoms with Gasteiger partial charge in [-0.25, -0.2) is 0 Å². The van der Waals surface area contributed by atoms with Gasteiger partial charge in [0.05, 0.1) is 16.7 Å². The molecule has 2 aromatic rings. The third-order valence-corrected chi connectivity index (χ3v) is 4.68. The van der Waals surface area contributed by atoms with E-state index >= 15 is 0 Å². The summed E-state index contributed by atoms with van der Waals surface area (Å²) in [5.74, 6) is 0. The molecular formula is C16H15N3O2S. The van der Waals surface area contributed by atoms with Crippen molar-refractivity contribution in [2.75, 3.05) is 11.9 Å². The smallest absolute Gasteiger partial charge is 0.269 e. The highest BCUT2D eigenvalue weighted by Crippen LogP contribution is 2.36. The van der Waals surface area contributed by atoms with Crippen molar-refractivity contribution in [3.63, 3.8) is 0 Å². The molecule has 1 N–H and O–H groups in total. The molecule has 3 rings (SSSR count). The van der Waals surface area contributed by atoms with Crippen LogP contribution in [0.3, 0.4) is 0 Å². The fourth-order valence-corrected chi connectivity index (χ4v) is 3.29. The predicted octanol–water partition coefficient (Wildman–Crippen LogP) is 4.16. The summed E-state index contributed by atoms with van der Waals surface area (Å²) in [5, 5.41) is 15.1. The largest absolute Gasteiger partial charge is 0.335 e. The summed E-state index contributed by atoms with van der Waals surface area (Å²) in [6.45, 7) is 2.73. The molecule has 0 aromatic heterocycles. The van der Waals surface area contributed by atoms with Crippen molar-refractivity contribution in [2.45, 2.75) is 12.2 Å². The summed E-state index contributed by atoms with van der Waals surface area (Å²) in [7, 11) is 0. The van der Waals surface area contributed by atoms with Crippen LogP contribution in [0.5, 0.6) is 0 Å². The molecule has 1 aliphatic heterocycles. The van der Waals surface area contributed by atoms with Crippen LogP contribution in [0.4, 0.5) is 11.4 Å². The highest BCUT2D eigenvalue weighted by atomic mass is 32.2. The molecule has 0 amide bonds. The number of amidine groups is 1. The second-order valence-electron chi connectivity index (χ2n) is 5.04. The minimum atomic E-state index is -0.382. The van der Waals surface area contributed by atoms with Gasteiger partial charge in [-0.05, 0) is 24.1 Å². The molecule has 1 aliphatic rings. The molecule has 0 radical (unpaired) electrons. The first-order valence-electron chi connectivity index (χ1n) is 6.91. The average molecular weight is 313 g/mol. The van der Waals surface area contributed by atoms with Gasteiger partial charge in [0.1, 0.15) is 0 Å². The molecule has 6 heteroatoms. The van der Waals surface area contributed by atoms with Crippen LogP contribution in [0.15, 0.2) is 53.5 Å². The lowest BCUT2D eigenvalue weighted by atomic mass is 10.1. The Morgan fingerprint density at radius 2 is 1.95 bits per heavy atom. The van der Waals surface area contributed by atoms with Crippen molar-refractivity contribution < 1.29 is 4.92 Å². The number of hydrogen-bond acceptors (Lipinski definition) is 5. The Labute approximate surface area is 132 Å². The quantitative estimate of drug-likeness (QED) is 0.682. The maximum Gasteiger partial charge on any atom is 0.269 e. The molecular weight excluding hydrogens is 298 g/mol. The van der Waals surface area contributed by atoms with Gasteiger partial charge in [0.25, 0.3) is 5.69 Å². The van der Waals surface area contributed by atoms with Gasteiger partial charge in [0.2, 0.25) is 0 Å². The molecule has 0 unspecified atom stereocenters. The average Bonchev–Trinajstić information content (AvgIpc) is 2.98. The Balaban J connectivity index is 1.66. The third-order valence-electron chi connectivity index (χ3n) is 3.52. The van der Waals surface area contributed by atoms with Crippen molar-refractivity contribution in [2.24, 2.45) is 4.99 Å². The maximum absolute atomic E-state index is 10.7. The molecule has 0 saturated heterocycles. The number of aryl methyl sites for hydroxylation is 1. The first-order chi connectivity index (χ1) is 10.6. The number of rotatable bonds is 3. The number of non-ortho nitro benzene ring substituents is 1. The summed E-state index contributed by atoms with van der Waals surface area (Å²) < 4.78 is 0. The van der Waals surface area contributed by atoms with Crippen LogP contribution in [0.2, 0.25) is 0 Å². The van der Waals surface area contributed by atoms with Crippen molar-refractivity contribution in [1.82, 2.24) is 0 Å². The molecule has 0 bridgehead atoms. The van der Waals surface area contributed by atoms with E-state index in [4.69, 9.17) is 0 Å². The van der Waals surface area contributed by atoms with Crippen LogP contribution in [-0.2, 0) is 0 Å². The van der Waals surface area contributed by atoms with Gasteiger partial charge in [0, 0.05) is 17.8 Å². The molecule has 0 aliphatic carbocycles. The van der Waals surface area contributed by atoms with Gasteiger partial charge < -0.3 is 5.32 Å². The van der Waals surface area contributed by atoms with E-state index in [1.54, 1.807) is 23.9 Å². The zero-order chi connectivity index (χ0) is 15.5. The lowest BCUT2D eigenvalue weighted by molar-refractivity contribution is -0.384. The summed E-state index contributed by atoms with van der Waals surface area (Å²) in [6.07, 6.45) is 0. The number of nitro groups is 1. The Morgan fingerprint density at radius 3 is 2.64 bits per heavy atom. The Bertz CT molecular complexity index is 728. The third kappa shape index (κ3) is 3.12. The number of hydrogen-bond donors (Lipinski definition) is 1. The van der Waals surface area contributed by atoms with Crippen molar-refractivity contribution in [1.29, 1.82) is 0 Å². The Kier molecular flexibility index (Phi) is 4.11. The standard InChI is InChI=1S/C16H15N3O2S/c1-11-4-2-3-5-14(11)18-16-17-10-15(22-16)12-6-8-13(9-7-12)19(20)21/h2-9,15H,10H2,1H3,(H,17,18)/t15-/m0/s1. The van der Waals surface area contributed by atoms with Crippen molar-refractivity contribution in [3.8, 4) is 0 Å². The lowest BCUT2D eigenvalue weighted by Crippen LogP contribution is -2.06. The van der Waals surface area contributed by atoms with Gasteiger partial charge in [-0.1, -0.05) is 42.1 Å². The molecule has 0 saturated carbocycles. The van der Waals surface area contributed by atoms with Gasteiger partial charge in [-0.3, -0.25) is 15.1 Å². The normalized spacial score (nSPS) is 17.1. The topological polar surface area (TPSA) is 67.5 Å². The predicted molar refractivity (Wildman–Crippen MR) is 90.5 cm³/mol. The monoisotopic (exact) mass is 313 g/mol. The van der Waals surface area contributed by atoms with Crippen LogP contribution in [-0.4, -0.2) is 16.6 Å². The van der Waals surface area contributed by atoms with Gasteiger partial charge >= 0.3 is 0 Å². The van der Waals surface area contributed by atoms with E-state index in [2.05, 4.69) is 23.3 Å². The minimum Gasteiger partial charge on any atom is -0.335 e. The molecule has 1 heterocycles. The number of para-hydroxylation sites is 1. The Morgan fingerprint density at radius 1 is 1.23 bits per heavy atom. The van der Waals surface area contributed by atoms with E-state index in [1.807, 2.05) is 30.3 Å². The van der Waals surface area contributed by atoms with Gasteiger partial charge in [0.15, 0.2) is 5.17 Å². The fraction of sp³-hybridized carbons (Fsp3) is 0.188. The number of nitrogens with zero attached hydrogens (tertiary/aromatic N) is 2. The van der Waals surface area contributed by atoms with Crippen LogP contribution in [0, 0.1) is 17.0 Å². The first-order valence-corrected chi connectivity index (χ1v) is 7.79. The molecule has 5 nitrogen and oxygen atoms in total. The second-order valence-corrected chi connectivity index (χ2v) is 6.23. The molecule has 22 heavy (non-hydrogen) atoms. The van der Waals surface area contributed by atoms with Gasteiger partial charge in [-0.15, -0.1) is 0 Å². The molecule has 1 atom stereocenters. The van der Waals surface area contributed by atoms with E-state index in [0.29, 0.717) is 6.54 Å². The highest BCUT2D eigenvalue weighted by molar-refractivity contribution is 8.14. The SMILES string of the molecule is Cc1ccccc1NC1=NC[C@@H](c2ccc([N+](=O)[O-])cc2)S1. The fourth-order valence-electron chi connectivity index (χ4n) is 2.26. The summed E-state index contributed by atoms with van der Waals surface area (Å²) in [4.78, 5) is 14.8. The lowest BCUT2D eigenvalue weighted by Gasteiger charge is -2.10. The Hall–Kier alpha value is -2.34. The van der Waals surface area contributed by atoms with E-state index in [0.717, 1.165) is 16.4 Å². The van der Waals surface area contributed by atoms with Crippen molar-refractivity contribution >= 4 is 28.3 Å². The van der Waals surface area contributed by atoms with E-state index in [9.17, 15) is 10.1 Å². The number of nitro benzene ring substituents is 1. The maximum atomic E-state index is 10.7. The van der Waals surface area contributed by atoms with Crippen LogP contribution in [0.25, 0.3) is 0 Å². The number of anilines is 1. The molecule has 112 valence electrons. The van der Waals surface area contributed by atoms with E-state index in [1.165, 1.54) is 5.56 Å². The number of thioether (sulfide) groups is 1. The zero-order valence-electron chi connectivity index (χ0n) is 12.0. The number of nitrogens with one attached hydrogen (secondary N) is 1. The van der Waals surface area contributed by atoms with Crippen molar-refractivity contribution in [3.05, 3.63) is 69.8 Å². The summed E-state index contributed by atoms with van der Waals surface area (Å²) in [6, 6.07) is 14.8. The summed E-state index contributed by atoms with van der Waals surface area (Å²) in [5.41, 5.74) is 3.40. The highest BCUT2D eigenvalue weighted by Gasteiger charge is 2.22. The number of benzene rings is 2. The summed E-state index contributed by atoms with van der Waals surface area (Å²) >= 11 is 1.65. The second kappa shape index (κ2) is 6.19. The molecule has 0 spiro atoms. The zero-order valence-corrected chi connectivity index (χ0v) is 12.8. The first kappa shape index (κ1) is 14.6. The molecule has 0 fully saturated rings. The van der Waals surface area contributed by atoms with E-state index in [-0.39, 0.29) is 15.9 Å². The van der Waals surface area contributed by atoms with E-state index < -0.39 is 0 Å². The minimum absolute atomic E-state index is 0.117.